The molecule has 3 N–H and O–H groups in total. The van der Waals surface area contributed by atoms with Crippen LogP contribution in [0.1, 0.15) is 23.2 Å². The molecule has 31 heavy (non-hydrogen) atoms. The number of aromatic nitrogens is 4. The monoisotopic (exact) mass is 407 g/mol. The minimum absolute atomic E-state index is 0.0277. The molecule has 0 saturated carbocycles. The molecule has 6 nitrogen and oxygen atoms in total. The largest absolute Gasteiger partial charge is 0.493 e. The zero-order chi connectivity index (χ0) is 20.8. The number of benzene rings is 2. The van der Waals surface area contributed by atoms with Gasteiger partial charge in [0.05, 0.1) is 10.9 Å². The highest BCUT2D eigenvalue weighted by molar-refractivity contribution is 5.96. The normalized spacial score (nSPS) is 18.7. The van der Waals surface area contributed by atoms with Gasteiger partial charge in [-0.25, -0.2) is 9.97 Å². The summed E-state index contributed by atoms with van der Waals surface area (Å²) >= 11 is 0. The summed E-state index contributed by atoms with van der Waals surface area (Å²) in [6.45, 7) is 1.68. The van der Waals surface area contributed by atoms with E-state index in [0.717, 1.165) is 40.8 Å². The van der Waals surface area contributed by atoms with E-state index in [2.05, 4.69) is 44.5 Å². The molecule has 1 fully saturated rings. The Morgan fingerprint density at radius 1 is 0.871 bits per heavy atom. The van der Waals surface area contributed by atoms with E-state index in [4.69, 9.17) is 4.98 Å². The van der Waals surface area contributed by atoms with Crippen LogP contribution >= 0.6 is 0 Å². The molecule has 0 spiro atoms. The lowest BCUT2D eigenvalue weighted by Crippen LogP contribution is -2.13. The van der Waals surface area contributed by atoms with Gasteiger partial charge in [0.25, 0.3) is 0 Å². The average molecular weight is 407 g/mol. The standard InChI is InChI=1S/C25H21N5O/c31-25-19-12-16(17-8-10-27-23-18(17)9-11-28-23)6-7-22(19)29-24(30-25)21-14-26-13-20(21)15-4-2-1-3-5-15/h1-12,20-21,26H,13-14H2,(H,27,28)(H,29,30,31)/t20-,21+/m0/s1. The van der Waals surface area contributed by atoms with Crippen LogP contribution in [0.4, 0.5) is 0 Å². The number of pyridine rings is 1. The molecule has 152 valence electrons. The number of hydrogen-bond donors (Lipinski definition) is 3. The van der Waals surface area contributed by atoms with Crippen molar-refractivity contribution in [1.82, 2.24) is 25.3 Å². The molecule has 5 aromatic rings. The van der Waals surface area contributed by atoms with Crippen molar-refractivity contribution in [2.45, 2.75) is 11.8 Å². The van der Waals surface area contributed by atoms with Gasteiger partial charge in [0, 0.05) is 42.7 Å². The second kappa shape index (κ2) is 7.18. The number of aromatic amines is 1. The molecule has 1 aliphatic heterocycles. The van der Waals surface area contributed by atoms with Gasteiger partial charge in [-0.3, -0.25) is 0 Å². The SMILES string of the molecule is Oc1nc([C@@H]2CNC[C@H]2c2ccccc2)nc2ccc(-c3ccnc4[nH]ccc34)cc12. The van der Waals surface area contributed by atoms with Crippen molar-refractivity contribution >= 4 is 21.9 Å². The van der Waals surface area contributed by atoms with E-state index in [1.54, 1.807) is 6.20 Å². The first-order chi connectivity index (χ1) is 15.3. The van der Waals surface area contributed by atoms with Gasteiger partial charge >= 0.3 is 0 Å². The molecular formula is C25H21N5O. The number of hydrogen-bond acceptors (Lipinski definition) is 5. The van der Waals surface area contributed by atoms with Crippen molar-refractivity contribution in [2.75, 3.05) is 13.1 Å². The predicted octanol–water partition coefficient (Wildman–Crippen LogP) is 4.35. The van der Waals surface area contributed by atoms with Crippen molar-refractivity contribution < 1.29 is 5.11 Å². The molecule has 0 unspecified atom stereocenters. The first-order valence-electron chi connectivity index (χ1n) is 10.5. The Balaban J connectivity index is 1.42. The Kier molecular flexibility index (Phi) is 4.18. The summed E-state index contributed by atoms with van der Waals surface area (Å²) in [4.78, 5) is 16.9. The van der Waals surface area contributed by atoms with E-state index in [-0.39, 0.29) is 17.7 Å². The van der Waals surface area contributed by atoms with Gasteiger partial charge in [-0.1, -0.05) is 36.4 Å². The number of H-pyrrole nitrogens is 1. The van der Waals surface area contributed by atoms with E-state index < -0.39 is 0 Å². The molecule has 2 aromatic carbocycles. The van der Waals surface area contributed by atoms with Gasteiger partial charge in [0.15, 0.2) is 0 Å². The van der Waals surface area contributed by atoms with Crippen LogP contribution in [-0.4, -0.2) is 38.1 Å². The maximum atomic E-state index is 10.8. The van der Waals surface area contributed by atoms with Crippen molar-refractivity contribution in [2.24, 2.45) is 0 Å². The predicted molar refractivity (Wildman–Crippen MR) is 121 cm³/mol. The fourth-order valence-corrected chi connectivity index (χ4v) is 4.68. The molecule has 1 saturated heterocycles. The van der Waals surface area contributed by atoms with Crippen molar-refractivity contribution in [3.8, 4) is 17.0 Å². The average Bonchev–Trinajstić information content (AvgIpc) is 3.49. The molecule has 0 amide bonds. The molecule has 0 bridgehead atoms. The molecule has 1 aliphatic rings. The zero-order valence-corrected chi connectivity index (χ0v) is 16.8. The van der Waals surface area contributed by atoms with E-state index in [0.29, 0.717) is 11.2 Å². The number of aromatic hydroxyl groups is 1. The molecule has 3 aromatic heterocycles. The van der Waals surface area contributed by atoms with Gasteiger partial charge in [0.1, 0.15) is 11.5 Å². The van der Waals surface area contributed by atoms with Crippen molar-refractivity contribution in [3.63, 3.8) is 0 Å². The van der Waals surface area contributed by atoms with Crippen LogP contribution in [0.2, 0.25) is 0 Å². The lowest BCUT2D eigenvalue weighted by atomic mass is 9.88. The van der Waals surface area contributed by atoms with Crippen LogP contribution < -0.4 is 5.32 Å². The minimum Gasteiger partial charge on any atom is -0.493 e. The fourth-order valence-electron chi connectivity index (χ4n) is 4.68. The van der Waals surface area contributed by atoms with Gasteiger partial charge < -0.3 is 15.4 Å². The third kappa shape index (κ3) is 3.04. The van der Waals surface area contributed by atoms with Gasteiger partial charge in [-0.05, 0) is 41.0 Å². The highest BCUT2D eigenvalue weighted by Crippen LogP contribution is 2.37. The summed E-state index contributed by atoms with van der Waals surface area (Å²) < 4.78 is 0. The topological polar surface area (TPSA) is 86.7 Å². The molecular weight excluding hydrogens is 386 g/mol. The number of nitrogens with zero attached hydrogens (tertiary/aromatic N) is 3. The molecule has 2 atom stereocenters. The summed E-state index contributed by atoms with van der Waals surface area (Å²) in [5, 5.41) is 16.0. The molecule has 0 aliphatic carbocycles. The zero-order valence-electron chi connectivity index (χ0n) is 16.8. The summed E-state index contributed by atoms with van der Waals surface area (Å²) in [6.07, 6.45) is 3.67. The maximum absolute atomic E-state index is 10.8. The highest BCUT2D eigenvalue weighted by Gasteiger charge is 2.32. The Bertz CT molecular complexity index is 1400. The number of nitrogens with one attached hydrogen (secondary N) is 2. The first kappa shape index (κ1) is 18.0. The Labute approximate surface area is 179 Å². The van der Waals surface area contributed by atoms with E-state index in [1.807, 2.05) is 42.6 Å². The van der Waals surface area contributed by atoms with E-state index >= 15 is 0 Å². The molecule has 6 heteroatoms. The summed E-state index contributed by atoms with van der Waals surface area (Å²) in [7, 11) is 0. The lowest BCUT2D eigenvalue weighted by molar-refractivity contribution is 0.452. The molecule has 0 radical (unpaired) electrons. The summed E-state index contributed by atoms with van der Waals surface area (Å²) in [5.41, 5.74) is 4.92. The Hall–Kier alpha value is -3.77. The second-order valence-electron chi connectivity index (χ2n) is 8.02. The van der Waals surface area contributed by atoms with Crippen LogP contribution in [0.15, 0.2) is 73.1 Å². The molecule has 4 heterocycles. The highest BCUT2D eigenvalue weighted by atomic mass is 16.3. The summed E-state index contributed by atoms with van der Waals surface area (Å²) in [5.74, 6) is 1.13. The number of rotatable bonds is 3. The van der Waals surface area contributed by atoms with Crippen LogP contribution in [-0.2, 0) is 0 Å². The maximum Gasteiger partial charge on any atom is 0.222 e. The van der Waals surface area contributed by atoms with Crippen molar-refractivity contribution in [1.29, 1.82) is 0 Å². The Morgan fingerprint density at radius 2 is 1.74 bits per heavy atom. The first-order valence-corrected chi connectivity index (χ1v) is 10.5. The third-order valence-corrected chi connectivity index (χ3v) is 6.24. The van der Waals surface area contributed by atoms with E-state index in [9.17, 15) is 5.11 Å². The third-order valence-electron chi connectivity index (χ3n) is 6.24. The summed E-state index contributed by atoms with van der Waals surface area (Å²) in [6, 6.07) is 20.4. The minimum atomic E-state index is 0.0277. The van der Waals surface area contributed by atoms with E-state index in [1.165, 1.54) is 5.56 Å². The number of fused-ring (bicyclic) bond motifs is 2. The van der Waals surface area contributed by atoms with Crippen LogP contribution in [0.3, 0.4) is 0 Å². The quantitative estimate of drug-likeness (QED) is 0.414. The fraction of sp³-hybridized carbons (Fsp3) is 0.160. The second-order valence-corrected chi connectivity index (χ2v) is 8.02. The smallest absolute Gasteiger partial charge is 0.222 e. The van der Waals surface area contributed by atoms with Gasteiger partial charge in [-0.15, -0.1) is 0 Å². The van der Waals surface area contributed by atoms with Crippen LogP contribution in [0, 0.1) is 0 Å². The lowest BCUT2D eigenvalue weighted by Gasteiger charge is -2.18. The van der Waals surface area contributed by atoms with Crippen LogP contribution in [0.25, 0.3) is 33.1 Å². The van der Waals surface area contributed by atoms with Gasteiger partial charge in [0.2, 0.25) is 5.88 Å². The molecule has 6 rings (SSSR count). The van der Waals surface area contributed by atoms with Crippen molar-refractivity contribution in [3.05, 3.63) is 84.4 Å². The van der Waals surface area contributed by atoms with Gasteiger partial charge in [-0.2, -0.15) is 4.98 Å². The Morgan fingerprint density at radius 3 is 2.65 bits per heavy atom. The van der Waals surface area contributed by atoms with Crippen LogP contribution in [0.5, 0.6) is 5.88 Å².